The van der Waals surface area contributed by atoms with E-state index in [1.807, 2.05) is 30.3 Å². The molecule has 0 aromatic heterocycles. The molecule has 1 heterocycles. The zero-order valence-corrected chi connectivity index (χ0v) is 6.88. The van der Waals surface area contributed by atoms with Gasteiger partial charge in [0.1, 0.15) is 0 Å². The maximum atomic E-state index is 8.43. The van der Waals surface area contributed by atoms with E-state index in [4.69, 9.17) is 5.21 Å². The maximum absolute atomic E-state index is 8.43. The van der Waals surface area contributed by atoms with Crippen LogP contribution in [0.1, 0.15) is 5.56 Å². The van der Waals surface area contributed by atoms with Crippen LogP contribution in [0.4, 0.5) is 5.69 Å². The summed E-state index contributed by atoms with van der Waals surface area (Å²) < 4.78 is 0. The largest absolute Gasteiger partial charge is 0.411 e. The fourth-order valence-electron chi connectivity index (χ4n) is 1.29. The van der Waals surface area contributed by atoms with Crippen LogP contribution in [0.5, 0.6) is 0 Å². The summed E-state index contributed by atoms with van der Waals surface area (Å²) in [4.78, 5) is 4.18. The SMILES string of the molecule is ON=CC1=CC=[N+]c2ccccc21. The summed E-state index contributed by atoms with van der Waals surface area (Å²) in [6.45, 7) is 0. The van der Waals surface area contributed by atoms with Crippen molar-refractivity contribution < 1.29 is 5.21 Å². The Kier molecular flexibility index (Phi) is 1.92. The minimum Gasteiger partial charge on any atom is -0.411 e. The average molecular weight is 172 g/mol. The van der Waals surface area contributed by atoms with Crippen molar-refractivity contribution in [3.63, 3.8) is 0 Å². The molecule has 0 spiro atoms. The molecule has 3 heteroatoms. The lowest BCUT2D eigenvalue weighted by molar-refractivity contribution is 0.322. The minimum atomic E-state index is 0.869. The fraction of sp³-hybridized carbons (Fsp3) is 0. The van der Waals surface area contributed by atoms with Gasteiger partial charge in [0.2, 0.25) is 6.21 Å². The van der Waals surface area contributed by atoms with Crippen LogP contribution in [-0.4, -0.2) is 17.6 Å². The highest BCUT2D eigenvalue weighted by Crippen LogP contribution is 2.23. The van der Waals surface area contributed by atoms with E-state index in [1.165, 1.54) is 6.21 Å². The smallest absolute Gasteiger partial charge is 0.284 e. The summed E-state index contributed by atoms with van der Waals surface area (Å²) >= 11 is 0. The molecule has 3 nitrogen and oxygen atoms in total. The molecular weight excluding hydrogens is 164 g/mol. The molecule has 63 valence electrons. The Balaban J connectivity index is 2.54. The van der Waals surface area contributed by atoms with Crippen molar-refractivity contribution in [1.82, 2.24) is 4.99 Å². The van der Waals surface area contributed by atoms with Gasteiger partial charge in [0, 0.05) is 17.7 Å². The number of hydrogen-bond acceptors (Lipinski definition) is 3. The number of nitrogens with zero attached hydrogens (tertiary/aromatic N) is 2. The second-order valence-electron chi connectivity index (χ2n) is 2.66. The molecule has 0 fully saturated rings. The maximum Gasteiger partial charge on any atom is 0.284 e. The van der Waals surface area contributed by atoms with Gasteiger partial charge in [-0.2, -0.15) is 0 Å². The summed E-state index contributed by atoms with van der Waals surface area (Å²) in [5, 5.41) is 11.4. The number of aliphatic imine (C=N–C) groups is 1. The summed E-state index contributed by atoms with van der Waals surface area (Å²) in [6, 6.07) is 7.72. The Morgan fingerprint density at radius 2 is 2.15 bits per heavy atom. The molecule has 1 radical (unpaired) electrons. The first-order chi connectivity index (χ1) is 6.42. The topological polar surface area (TPSA) is 46.7 Å². The number of para-hydroxylation sites is 1. The summed E-state index contributed by atoms with van der Waals surface area (Å²) in [6.07, 6.45) is 4.91. The fourth-order valence-corrected chi connectivity index (χ4v) is 1.29. The third-order valence-corrected chi connectivity index (χ3v) is 1.88. The van der Waals surface area contributed by atoms with E-state index in [2.05, 4.69) is 10.1 Å². The lowest BCUT2D eigenvalue weighted by Crippen LogP contribution is -1.98. The van der Waals surface area contributed by atoms with Gasteiger partial charge in [-0.05, 0) is 6.07 Å². The van der Waals surface area contributed by atoms with Gasteiger partial charge in [-0.15, -0.1) is 0 Å². The quantitative estimate of drug-likeness (QED) is 0.390. The standard InChI is InChI=1S/C10H8N2O/c13-12-7-8-5-6-11-10-4-2-1-3-9(8)10/h1-7,13H/q+1. The zero-order chi connectivity index (χ0) is 9.10. The Morgan fingerprint density at radius 1 is 1.31 bits per heavy atom. The van der Waals surface area contributed by atoms with Crippen molar-refractivity contribution in [3.8, 4) is 0 Å². The van der Waals surface area contributed by atoms with Crippen molar-refractivity contribution in [3.05, 3.63) is 35.9 Å². The van der Waals surface area contributed by atoms with Gasteiger partial charge in [0.15, 0.2) is 0 Å². The molecule has 1 aromatic carbocycles. The van der Waals surface area contributed by atoms with E-state index >= 15 is 0 Å². The van der Waals surface area contributed by atoms with E-state index in [0.717, 1.165) is 16.8 Å². The highest BCUT2D eigenvalue weighted by Gasteiger charge is 2.16. The summed E-state index contributed by atoms with van der Waals surface area (Å²) in [7, 11) is 0. The van der Waals surface area contributed by atoms with E-state index in [0.29, 0.717) is 0 Å². The van der Waals surface area contributed by atoms with Crippen LogP contribution >= 0.6 is 0 Å². The van der Waals surface area contributed by atoms with Crippen molar-refractivity contribution in [2.75, 3.05) is 0 Å². The zero-order valence-electron chi connectivity index (χ0n) is 6.88. The molecule has 0 atom stereocenters. The van der Waals surface area contributed by atoms with Crippen LogP contribution in [-0.2, 0) is 0 Å². The Labute approximate surface area is 75.7 Å². The Hall–Kier alpha value is -1.90. The van der Waals surface area contributed by atoms with E-state index in [-0.39, 0.29) is 0 Å². The Bertz CT molecular complexity index is 405. The number of hydrogen-bond donors (Lipinski definition) is 1. The normalized spacial score (nSPS) is 14.3. The summed E-state index contributed by atoms with van der Waals surface area (Å²) in [5.74, 6) is 0. The lowest BCUT2D eigenvalue weighted by atomic mass is 10.0. The third-order valence-electron chi connectivity index (χ3n) is 1.88. The van der Waals surface area contributed by atoms with E-state index in [9.17, 15) is 0 Å². The van der Waals surface area contributed by atoms with Crippen LogP contribution in [0, 0.1) is 0 Å². The molecule has 0 bridgehead atoms. The molecule has 0 aliphatic carbocycles. The predicted molar refractivity (Wildman–Crippen MR) is 52.6 cm³/mol. The van der Waals surface area contributed by atoms with Gasteiger partial charge in [0.05, 0.1) is 16.8 Å². The highest BCUT2D eigenvalue weighted by atomic mass is 16.4. The van der Waals surface area contributed by atoms with Gasteiger partial charge in [-0.25, -0.2) is 0 Å². The number of fused-ring (bicyclic) bond motifs is 1. The van der Waals surface area contributed by atoms with Crippen molar-refractivity contribution in [2.45, 2.75) is 0 Å². The lowest BCUT2D eigenvalue weighted by Gasteiger charge is -1.99. The third kappa shape index (κ3) is 1.36. The molecule has 13 heavy (non-hydrogen) atoms. The average Bonchev–Trinajstić information content (AvgIpc) is 2.19. The molecule has 0 saturated heterocycles. The molecule has 0 amide bonds. The van der Waals surface area contributed by atoms with Crippen molar-refractivity contribution in [2.24, 2.45) is 5.16 Å². The van der Waals surface area contributed by atoms with Crippen molar-refractivity contribution >= 4 is 23.7 Å². The van der Waals surface area contributed by atoms with Crippen LogP contribution in [0.3, 0.4) is 0 Å². The summed E-state index contributed by atoms with van der Waals surface area (Å²) in [5.41, 5.74) is 2.76. The minimum absolute atomic E-state index is 0.869. The van der Waals surface area contributed by atoms with Crippen LogP contribution in [0.15, 0.2) is 35.5 Å². The molecule has 1 aromatic rings. The van der Waals surface area contributed by atoms with Crippen molar-refractivity contribution in [1.29, 1.82) is 0 Å². The molecular formula is C10H8N2O+. The first-order valence-corrected chi connectivity index (χ1v) is 3.93. The van der Waals surface area contributed by atoms with Gasteiger partial charge in [-0.1, -0.05) is 17.3 Å². The predicted octanol–water partition coefficient (Wildman–Crippen LogP) is 1.58. The van der Waals surface area contributed by atoms with Gasteiger partial charge >= 0.3 is 0 Å². The van der Waals surface area contributed by atoms with E-state index < -0.39 is 0 Å². The molecule has 0 unspecified atom stereocenters. The first-order valence-electron chi connectivity index (χ1n) is 3.93. The molecule has 0 saturated carbocycles. The molecule has 1 N–H and O–H groups in total. The number of rotatable bonds is 1. The van der Waals surface area contributed by atoms with Gasteiger partial charge in [0.25, 0.3) is 5.69 Å². The highest BCUT2D eigenvalue weighted by molar-refractivity contribution is 6.16. The monoisotopic (exact) mass is 172 g/mol. The first kappa shape index (κ1) is 7.73. The van der Waals surface area contributed by atoms with Gasteiger partial charge < -0.3 is 5.21 Å². The molecule has 2 rings (SSSR count). The van der Waals surface area contributed by atoms with E-state index in [1.54, 1.807) is 6.21 Å². The van der Waals surface area contributed by atoms with Crippen LogP contribution in [0.2, 0.25) is 0 Å². The Morgan fingerprint density at radius 3 is 3.00 bits per heavy atom. The van der Waals surface area contributed by atoms with Crippen LogP contribution in [0.25, 0.3) is 5.57 Å². The van der Waals surface area contributed by atoms with Gasteiger partial charge in [-0.3, -0.25) is 0 Å². The molecule has 1 aliphatic rings. The second kappa shape index (κ2) is 3.23. The van der Waals surface area contributed by atoms with Crippen LogP contribution < -0.4 is 4.99 Å². The number of allylic oxidation sites excluding steroid dienone is 2. The second-order valence-corrected chi connectivity index (χ2v) is 2.66. The number of oxime groups is 1. The molecule has 1 aliphatic heterocycles. The number of benzene rings is 1.